The Labute approximate surface area is 280 Å². The minimum Gasteiger partial charge on any atom is -0.493 e. The molecule has 0 saturated carbocycles. The molecule has 1 N–H and O–H groups in total. The summed E-state index contributed by atoms with van der Waals surface area (Å²) in [5.41, 5.74) is 0.868. The zero-order chi connectivity index (χ0) is 34.8. The number of methoxy groups -OCH3 is 2. The molecule has 254 valence electrons. The second kappa shape index (κ2) is 16.2. The fourth-order valence-corrected chi connectivity index (χ4v) is 6.46. The normalized spacial score (nSPS) is 11.9. The van der Waals surface area contributed by atoms with Crippen LogP contribution in [0.5, 0.6) is 11.5 Å². The maximum Gasteiger partial charge on any atom is 0.264 e. The van der Waals surface area contributed by atoms with Gasteiger partial charge >= 0.3 is 0 Å². The van der Waals surface area contributed by atoms with Crippen molar-refractivity contribution in [3.63, 3.8) is 0 Å². The molecule has 1 atom stereocenters. The first-order valence-corrected chi connectivity index (χ1v) is 16.7. The lowest BCUT2D eigenvalue weighted by molar-refractivity contribution is -0.140. The van der Waals surface area contributed by atoms with Crippen molar-refractivity contribution in [1.29, 1.82) is 0 Å². The summed E-state index contributed by atoms with van der Waals surface area (Å²) in [7, 11) is -1.75. The van der Waals surface area contributed by atoms with E-state index in [1.54, 1.807) is 30.3 Å². The van der Waals surface area contributed by atoms with Crippen LogP contribution in [0, 0.1) is 17.6 Å². The van der Waals surface area contributed by atoms with Crippen LogP contribution >= 0.6 is 0 Å². The number of sulfonamides is 1. The van der Waals surface area contributed by atoms with Gasteiger partial charge in [-0.05, 0) is 53.9 Å². The molecule has 1 unspecified atom stereocenters. The van der Waals surface area contributed by atoms with Crippen LogP contribution in [0.3, 0.4) is 0 Å². The van der Waals surface area contributed by atoms with Crippen LogP contribution in [0.1, 0.15) is 25.0 Å². The molecule has 9 nitrogen and oxygen atoms in total. The molecule has 4 aromatic rings. The number of hydrogen-bond acceptors (Lipinski definition) is 6. The van der Waals surface area contributed by atoms with Crippen molar-refractivity contribution in [2.24, 2.45) is 5.92 Å². The summed E-state index contributed by atoms with van der Waals surface area (Å²) < 4.78 is 69.0. The number of rotatable bonds is 15. The zero-order valence-corrected chi connectivity index (χ0v) is 28.0. The Morgan fingerprint density at radius 3 is 2.10 bits per heavy atom. The van der Waals surface area contributed by atoms with Gasteiger partial charge in [0.05, 0.1) is 24.8 Å². The van der Waals surface area contributed by atoms with Gasteiger partial charge in [0.25, 0.3) is 10.0 Å². The highest BCUT2D eigenvalue weighted by molar-refractivity contribution is 7.92. The highest BCUT2D eigenvalue weighted by Gasteiger charge is 2.35. The average molecular weight is 680 g/mol. The second-order valence-electron chi connectivity index (χ2n) is 11.5. The van der Waals surface area contributed by atoms with Crippen LogP contribution in [0.15, 0.2) is 102 Å². The number of carbonyl (C=O) groups is 2. The number of nitrogens with zero attached hydrogens (tertiary/aromatic N) is 2. The minimum atomic E-state index is -4.51. The van der Waals surface area contributed by atoms with Gasteiger partial charge in [-0.15, -0.1) is 0 Å². The summed E-state index contributed by atoms with van der Waals surface area (Å²) in [5.74, 6) is -1.95. The predicted molar refractivity (Wildman–Crippen MR) is 179 cm³/mol. The number of halogens is 2. The highest BCUT2D eigenvalue weighted by atomic mass is 32.2. The molecule has 0 aliphatic carbocycles. The summed E-state index contributed by atoms with van der Waals surface area (Å²) in [4.78, 5) is 29.3. The molecule has 0 aromatic heterocycles. The summed E-state index contributed by atoms with van der Waals surface area (Å²) in [6, 6.07) is 22.3. The quantitative estimate of drug-likeness (QED) is 0.176. The predicted octanol–water partition coefficient (Wildman–Crippen LogP) is 5.59. The third-order valence-electron chi connectivity index (χ3n) is 7.59. The Kier molecular flexibility index (Phi) is 12.1. The summed E-state index contributed by atoms with van der Waals surface area (Å²) in [6.07, 6.45) is 0.0734. The molecule has 0 radical (unpaired) electrons. The van der Waals surface area contributed by atoms with Gasteiger partial charge in [-0.25, -0.2) is 17.2 Å². The first-order valence-electron chi connectivity index (χ1n) is 15.3. The average Bonchev–Trinajstić information content (AvgIpc) is 3.08. The van der Waals surface area contributed by atoms with Crippen LogP contribution < -0.4 is 19.1 Å². The van der Waals surface area contributed by atoms with Gasteiger partial charge < -0.3 is 19.7 Å². The lowest BCUT2D eigenvalue weighted by atomic mass is 10.0. The lowest BCUT2D eigenvalue weighted by Crippen LogP contribution is -2.53. The second-order valence-corrected chi connectivity index (χ2v) is 13.3. The summed E-state index contributed by atoms with van der Waals surface area (Å²) >= 11 is 0. The molecule has 0 fully saturated rings. The van der Waals surface area contributed by atoms with E-state index < -0.39 is 46.1 Å². The van der Waals surface area contributed by atoms with E-state index in [9.17, 15) is 22.4 Å². The SMILES string of the molecule is COc1ccc(S(=O)(=O)N(CC(=O)N(Cc2ccccc2F)C(Cc2ccccc2)C(=O)NCC(C)C)c2ccc(F)cc2)cc1OC. The maximum atomic E-state index is 15.1. The highest BCUT2D eigenvalue weighted by Crippen LogP contribution is 2.32. The molecule has 48 heavy (non-hydrogen) atoms. The third kappa shape index (κ3) is 8.88. The molecule has 4 aromatic carbocycles. The Hall–Kier alpha value is -4.97. The molecule has 4 rings (SSSR count). The fraction of sp³-hybridized carbons (Fsp3) is 0.278. The van der Waals surface area contributed by atoms with E-state index in [4.69, 9.17) is 9.47 Å². The van der Waals surface area contributed by atoms with Crippen LogP contribution in [-0.4, -0.2) is 58.5 Å². The van der Waals surface area contributed by atoms with Crippen molar-refractivity contribution in [2.75, 3.05) is 31.6 Å². The summed E-state index contributed by atoms with van der Waals surface area (Å²) in [5, 5.41) is 2.88. The van der Waals surface area contributed by atoms with Crippen molar-refractivity contribution in [1.82, 2.24) is 10.2 Å². The van der Waals surface area contributed by atoms with Crippen molar-refractivity contribution in [3.8, 4) is 11.5 Å². The van der Waals surface area contributed by atoms with Gasteiger partial charge in [-0.3, -0.25) is 13.9 Å². The minimum absolute atomic E-state index is 0.00533. The summed E-state index contributed by atoms with van der Waals surface area (Å²) in [6.45, 7) is 3.05. The van der Waals surface area contributed by atoms with E-state index in [1.165, 1.54) is 67.7 Å². The van der Waals surface area contributed by atoms with E-state index in [2.05, 4.69) is 5.32 Å². The van der Waals surface area contributed by atoms with Crippen molar-refractivity contribution >= 4 is 27.5 Å². The smallest absolute Gasteiger partial charge is 0.264 e. The number of benzene rings is 4. The number of ether oxygens (including phenoxy) is 2. The Morgan fingerprint density at radius 2 is 1.48 bits per heavy atom. The van der Waals surface area contributed by atoms with Crippen molar-refractivity contribution in [2.45, 2.75) is 37.8 Å². The van der Waals surface area contributed by atoms with Crippen molar-refractivity contribution in [3.05, 3.63) is 120 Å². The third-order valence-corrected chi connectivity index (χ3v) is 9.36. The first-order chi connectivity index (χ1) is 22.9. The van der Waals surface area contributed by atoms with E-state index in [0.29, 0.717) is 6.54 Å². The topological polar surface area (TPSA) is 105 Å². The van der Waals surface area contributed by atoms with Gasteiger partial charge in [-0.2, -0.15) is 0 Å². The molecule has 0 aliphatic heterocycles. The number of nitrogens with one attached hydrogen (secondary N) is 1. The molecule has 12 heteroatoms. The number of carbonyl (C=O) groups excluding carboxylic acids is 2. The van der Waals surface area contributed by atoms with Gasteiger partial charge in [0.2, 0.25) is 11.8 Å². The van der Waals surface area contributed by atoms with Crippen LogP contribution in [-0.2, 0) is 32.6 Å². The van der Waals surface area contributed by atoms with E-state index >= 15 is 4.39 Å². The molecular weight excluding hydrogens is 640 g/mol. The van der Waals surface area contributed by atoms with E-state index in [-0.39, 0.29) is 46.5 Å². The van der Waals surface area contributed by atoms with Crippen molar-refractivity contribution < 1.29 is 36.3 Å². The maximum absolute atomic E-state index is 15.1. The Balaban J connectivity index is 1.83. The molecule has 2 amide bonds. The molecule has 0 heterocycles. The lowest BCUT2D eigenvalue weighted by Gasteiger charge is -2.34. The monoisotopic (exact) mass is 679 g/mol. The van der Waals surface area contributed by atoms with Gasteiger partial charge in [0, 0.05) is 31.1 Å². The zero-order valence-electron chi connectivity index (χ0n) is 27.2. The van der Waals surface area contributed by atoms with Crippen LogP contribution in [0.25, 0.3) is 0 Å². The number of anilines is 1. The van der Waals surface area contributed by atoms with Gasteiger partial charge in [0.1, 0.15) is 24.2 Å². The molecule has 0 saturated heterocycles. The first kappa shape index (κ1) is 35.9. The van der Waals surface area contributed by atoms with E-state index in [0.717, 1.165) is 22.0 Å². The molecule has 0 bridgehead atoms. The largest absolute Gasteiger partial charge is 0.493 e. The number of hydrogen-bond donors (Lipinski definition) is 1. The Bertz CT molecular complexity index is 1800. The standard InChI is InChI=1S/C36H39F2N3O6S/c1-25(2)22-39-36(43)32(20-26-10-6-5-7-11-26)40(23-27-12-8-9-13-31(27)38)35(42)24-41(29-16-14-28(37)15-17-29)48(44,45)30-18-19-33(46-3)34(21-30)47-4/h5-19,21,25,32H,20,22-24H2,1-4H3,(H,39,43). The fourth-order valence-electron chi connectivity index (χ4n) is 5.03. The molecular formula is C36H39F2N3O6S. The molecule has 0 spiro atoms. The van der Waals surface area contributed by atoms with Gasteiger partial charge in [0.15, 0.2) is 11.5 Å². The van der Waals surface area contributed by atoms with Crippen LogP contribution in [0.4, 0.5) is 14.5 Å². The van der Waals surface area contributed by atoms with Gasteiger partial charge in [-0.1, -0.05) is 62.4 Å². The number of amides is 2. The van der Waals surface area contributed by atoms with Crippen LogP contribution in [0.2, 0.25) is 0 Å². The molecule has 0 aliphatic rings. The Morgan fingerprint density at radius 1 is 0.833 bits per heavy atom. The van der Waals surface area contributed by atoms with E-state index in [1.807, 2.05) is 19.9 Å².